The molecule has 0 aromatic carbocycles. The largest absolute Gasteiger partial charge is 0.378 e. The second kappa shape index (κ2) is 16.4. The summed E-state index contributed by atoms with van der Waals surface area (Å²) in [4.78, 5) is 10.5. The first-order valence-electron chi connectivity index (χ1n) is 10.9. The van der Waals surface area contributed by atoms with Crippen molar-refractivity contribution in [3.05, 3.63) is 16.1 Å². The quantitative estimate of drug-likeness (QED) is 0.177. The monoisotopic (exact) mass is 522 g/mol. The van der Waals surface area contributed by atoms with E-state index in [9.17, 15) is 0 Å². The molecule has 2 rings (SSSR count). The number of ether oxygens (including phenoxy) is 1. The third-order valence-corrected chi connectivity index (χ3v) is 6.10. The fraction of sp³-hybridized carbons (Fsp3) is 0.810. The van der Waals surface area contributed by atoms with Gasteiger partial charge in [0.05, 0.1) is 11.1 Å². The van der Waals surface area contributed by atoms with Crippen molar-refractivity contribution in [3.63, 3.8) is 0 Å². The number of aliphatic imine (C=N–C) groups is 1. The first-order valence-corrected chi connectivity index (χ1v) is 11.7. The van der Waals surface area contributed by atoms with Gasteiger partial charge in [0.25, 0.3) is 0 Å². The van der Waals surface area contributed by atoms with Gasteiger partial charge in [0, 0.05) is 43.7 Å². The van der Waals surface area contributed by atoms with Gasteiger partial charge < -0.3 is 15.4 Å². The smallest absolute Gasteiger partial charge is 0.191 e. The number of thiazole rings is 1. The van der Waals surface area contributed by atoms with E-state index in [1.165, 1.54) is 48.4 Å². The number of hydrogen-bond acceptors (Lipinski definition) is 4. The van der Waals surface area contributed by atoms with Crippen LogP contribution in [-0.2, 0) is 17.6 Å². The lowest BCUT2D eigenvalue weighted by Gasteiger charge is -2.21. The topological polar surface area (TPSA) is 58.5 Å². The van der Waals surface area contributed by atoms with Gasteiger partial charge in [-0.05, 0) is 45.4 Å². The predicted octanol–water partition coefficient (Wildman–Crippen LogP) is 4.94. The molecule has 1 heterocycles. The van der Waals surface area contributed by atoms with Gasteiger partial charge >= 0.3 is 0 Å². The Balaban J connectivity index is 0.00000392. The van der Waals surface area contributed by atoms with Gasteiger partial charge in [-0.1, -0.05) is 26.2 Å². The van der Waals surface area contributed by atoms with Crippen LogP contribution in [0.25, 0.3) is 0 Å². The first kappa shape index (κ1) is 25.6. The van der Waals surface area contributed by atoms with Crippen LogP contribution < -0.4 is 10.6 Å². The van der Waals surface area contributed by atoms with Gasteiger partial charge in [-0.25, -0.2) is 4.98 Å². The van der Waals surface area contributed by atoms with Gasteiger partial charge in [-0.3, -0.25) is 4.99 Å². The zero-order valence-electron chi connectivity index (χ0n) is 17.7. The van der Waals surface area contributed by atoms with Gasteiger partial charge in [-0.2, -0.15) is 0 Å². The second-order valence-corrected chi connectivity index (χ2v) is 8.40. The molecular weight excluding hydrogens is 483 g/mol. The zero-order valence-corrected chi connectivity index (χ0v) is 20.8. The number of aromatic nitrogens is 1. The molecule has 0 aliphatic heterocycles. The van der Waals surface area contributed by atoms with Gasteiger partial charge in [0.15, 0.2) is 5.96 Å². The summed E-state index contributed by atoms with van der Waals surface area (Å²) in [5.74, 6) is 0.920. The highest BCUT2D eigenvalue weighted by Crippen LogP contribution is 2.20. The molecule has 1 saturated carbocycles. The second-order valence-electron chi connectivity index (χ2n) is 7.20. The molecule has 0 amide bonds. The lowest BCUT2D eigenvalue weighted by Crippen LogP contribution is -2.38. The van der Waals surface area contributed by atoms with E-state index >= 15 is 0 Å². The van der Waals surface area contributed by atoms with E-state index in [2.05, 4.69) is 29.5 Å². The van der Waals surface area contributed by atoms with Crippen LogP contribution in [0.15, 0.2) is 11.2 Å². The lowest BCUT2D eigenvalue weighted by molar-refractivity contribution is 0.0264. The summed E-state index contributed by atoms with van der Waals surface area (Å²) in [6.45, 7) is 7.83. The van der Waals surface area contributed by atoms with E-state index in [4.69, 9.17) is 9.73 Å². The summed E-state index contributed by atoms with van der Waals surface area (Å²) in [7, 11) is 0. The minimum absolute atomic E-state index is 0. The Morgan fingerprint density at radius 1 is 1.18 bits per heavy atom. The van der Waals surface area contributed by atoms with E-state index in [1.54, 1.807) is 0 Å². The standard InChI is InChI=1S/C21H38N4OS.HI/c1-3-19-17-25-20(27-19)13-15-24-21(22-4-2)23-14-9-6-10-16-26-18-11-7-5-8-12-18;/h17-18H,3-16H2,1-2H3,(H2,22,23,24);1H. The highest BCUT2D eigenvalue weighted by atomic mass is 127. The van der Waals surface area contributed by atoms with Crippen LogP contribution in [0.5, 0.6) is 0 Å². The fourth-order valence-electron chi connectivity index (χ4n) is 3.32. The minimum Gasteiger partial charge on any atom is -0.378 e. The summed E-state index contributed by atoms with van der Waals surface area (Å²) < 4.78 is 5.99. The van der Waals surface area contributed by atoms with E-state index in [-0.39, 0.29) is 24.0 Å². The highest BCUT2D eigenvalue weighted by Gasteiger charge is 2.12. The molecule has 1 aliphatic rings. The van der Waals surface area contributed by atoms with Gasteiger partial charge in [0.1, 0.15) is 0 Å². The van der Waals surface area contributed by atoms with Crippen molar-refractivity contribution < 1.29 is 4.74 Å². The summed E-state index contributed by atoms with van der Waals surface area (Å²) >= 11 is 1.81. The number of hydrogen-bond donors (Lipinski definition) is 2. The number of nitrogens with zero attached hydrogens (tertiary/aromatic N) is 2. The average molecular weight is 523 g/mol. The van der Waals surface area contributed by atoms with Crippen LogP contribution in [0.1, 0.15) is 75.1 Å². The molecule has 0 atom stereocenters. The van der Waals surface area contributed by atoms with Crippen LogP contribution in [0.2, 0.25) is 0 Å². The van der Waals surface area contributed by atoms with Crippen molar-refractivity contribution in [2.45, 2.75) is 84.2 Å². The van der Waals surface area contributed by atoms with Crippen molar-refractivity contribution in [1.82, 2.24) is 15.6 Å². The summed E-state index contributed by atoms with van der Waals surface area (Å²) in [6.07, 6.45) is 14.6. The van der Waals surface area contributed by atoms with Crippen molar-refractivity contribution in [2.75, 3.05) is 26.2 Å². The molecule has 0 unspecified atom stereocenters. The van der Waals surface area contributed by atoms with Gasteiger partial charge in [0.2, 0.25) is 0 Å². The van der Waals surface area contributed by atoms with E-state index in [0.717, 1.165) is 57.9 Å². The molecule has 5 nitrogen and oxygen atoms in total. The predicted molar refractivity (Wildman–Crippen MR) is 131 cm³/mol. The molecule has 0 radical (unpaired) electrons. The van der Waals surface area contributed by atoms with Gasteiger partial charge in [-0.15, -0.1) is 35.3 Å². The Hall–Kier alpha value is -0.410. The van der Waals surface area contributed by atoms with Crippen molar-refractivity contribution >= 4 is 41.3 Å². The van der Waals surface area contributed by atoms with Crippen molar-refractivity contribution in [1.29, 1.82) is 0 Å². The zero-order chi connectivity index (χ0) is 19.2. The van der Waals surface area contributed by atoms with Crippen LogP contribution in [0.4, 0.5) is 0 Å². The van der Waals surface area contributed by atoms with Crippen molar-refractivity contribution in [3.8, 4) is 0 Å². The summed E-state index contributed by atoms with van der Waals surface area (Å²) in [5, 5.41) is 7.95. The Kier molecular flexibility index (Phi) is 15.0. The van der Waals surface area contributed by atoms with Crippen LogP contribution in [0, 0.1) is 0 Å². The molecule has 2 N–H and O–H groups in total. The highest BCUT2D eigenvalue weighted by molar-refractivity contribution is 14.0. The summed E-state index contributed by atoms with van der Waals surface area (Å²) in [5.41, 5.74) is 0. The Morgan fingerprint density at radius 2 is 2.00 bits per heavy atom. The van der Waals surface area contributed by atoms with Crippen molar-refractivity contribution in [2.24, 2.45) is 4.99 Å². The molecule has 0 bridgehead atoms. The summed E-state index contributed by atoms with van der Waals surface area (Å²) in [6, 6.07) is 0. The van der Waals surface area contributed by atoms with Crippen LogP contribution >= 0.6 is 35.3 Å². The number of nitrogens with one attached hydrogen (secondary N) is 2. The van der Waals surface area contributed by atoms with Crippen LogP contribution in [0.3, 0.4) is 0 Å². The van der Waals surface area contributed by atoms with Crippen LogP contribution in [-0.4, -0.2) is 43.3 Å². The van der Waals surface area contributed by atoms with E-state index in [1.807, 2.05) is 17.5 Å². The lowest BCUT2D eigenvalue weighted by atomic mass is 9.98. The minimum atomic E-state index is 0. The molecule has 1 aliphatic carbocycles. The Morgan fingerprint density at radius 3 is 2.71 bits per heavy atom. The first-order chi connectivity index (χ1) is 13.3. The molecule has 1 fully saturated rings. The SMILES string of the molecule is CCNC(=NCCCCCOC1CCCCC1)NCCc1ncc(CC)s1.I. The number of rotatable bonds is 12. The Bertz CT molecular complexity index is 532. The number of guanidine groups is 1. The normalized spacial score (nSPS) is 15.3. The number of halogens is 1. The number of aryl methyl sites for hydroxylation is 1. The molecule has 1 aromatic rings. The maximum atomic E-state index is 5.99. The number of unbranched alkanes of at least 4 members (excludes halogenated alkanes) is 2. The third kappa shape index (κ3) is 11.0. The fourth-order valence-corrected chi connectivity index (χ4v) is 4.18. The molecule has 0 spiro atoms. The maximum Gasteiger partial charge on any atom is 0.191 e. The average Bonchev–Trinajstić information content (AvgIpc) is 3.16. The maximum absolute atomic E-state index is 5.99. The molecule has 1 aromatic heterocycles. The molecule has 0 saturated heterocycles. The van der Waals surface area contributed by atoms with E-state index < -0.39 is 0 Å². The third-order valence-electron chi connectivity index (χ3n) is 4.90. The van der Waals surface area contributed by atoms with E-state index in [0.29, 0.717) is 6.10 Å². The molecule has 162 valence electrons. The molecule has 7 heteroatoms. The Labute approximate surface area is 192 Å². The molecule has 28 heavy (non-hydrogen) atoms. The molecular formula is C21H39IN4OS.